The van der Waals surface area contributed by atoms with Gasteiger partial charge >= 0.3 is 0 Å². The van der Waals surface area contributed by atoms with Crippen LogP contribution < -0.4 is 4.74 Å². The first-order chi connectivity index (χ1) is 7.52. The lowest BCUT2D eigenvalue weighted by Gasteiger charge is -2.16. The zero-order valence-corrected chi connectivity index (χ0v) is 11.3. The van der Waals surface area contributed by atoms with Crippen LogP contribution in [0.1, 0.15) is 32.8 Å². The lowest BCUT2D eigenvalue weighted by atomic mass is 10.1. The predicted molar refractivity (Wildman–Crippen MR) is 68.3 cm³/mol. The SMILES string of the molecule is CC(C)CC(C)Oc1cc(CCl)c(Cl)cn1. The van der Waals surface area contributed by atoms with Crippen molar-refractivity contribution >= 4 is 23.2 Å². The minimum atomic E-state index is 0.150. The molecule has 1 atom stereocenters. The summed E-state index contributed by atoms with van der Waals surface area (Å²) in [5.74, 6) is 1.57. The van der Waals surface area contributed by atoms with E-state index in [1.807, 2.05) is 6.92 Å². The maximum atomic E-state index is 5.91. The number of halogens is 2. The fraction of sp³-hybridized carbons (Fsp3) is 0.583. The Morgan fingerprint density at radius 2 is 2.06 bits per heavy atom. The van der Waals surface area contributed by atoms with Crippen LogP contribution in [0.2, 0.25) is 5.02 Å². The summed E-state index contributed by atoms with van der Waals surface area (Å²) in [5, 5.41) is 0.582. The molecular weight excluding hydrogens is 245 g/mol. The highest BCUT2D eigenvalue weighted by Gasteiger charge is 2.09. The van der Waals surface area contributed by atoms with Gasteiger partial charge in [-0.05, 0) is 24.8 Å². The van der Waals surface area contributed by atoms with Crippen molar-refractivity contribution in [3.05, 3.63) is 22.8 Å². The van der Waals surface area contributed by atoms with E-state index in [9.17, 15) is 0 Å². The monoisotopic (exact) mass is 261 g/mol. The van der Waals surface area contributed by atoms with E-state index < -0.39 is 0 Å². The zero-order chi connectivity index (χ0) is 12.1. The average Bonchev–Trinajstić information content (AvgIpc) is 2.19. The molecule has 4 heteroatoms. The Hall–Kier alpha value is -0.470. The summed E-state index contributed by atoms with van der Waals surface area (Å²) in [6, 6.07) is 1.80. The molecule has 1 aromatic rings. The van der Waals surface area contributed by atoms with Crippen LogP contribution in [0.3, 0.4) is 0 Å². The summed E-state index contributed by atoms with van der Waals surface area (Å²) in [4.78, 5) is 4.12. The molecule has 0 amide bonds. The number of aromatic nitrogens is 1. The maximum absolute atomic E-state index is 5.91. The van der Waals surface area contributed by atoms with Gasteiger partial charge in [0.05, 0.1) is 11.1 Å². The van der Waals surface area contributed by atoms with Crippen molar-refractivity contribution in [2.75, 3.05) is 0 Å². The minimum absolute atomic E-state index is 0.150. The summed E-state index contributed by atoms with van der Waals surface area (Å²) in [6.07, 6.45) is 2.73. The lowest BCUT2D eigenvalue weighted by molar-refractivity contribution is 0.185. The van der Waals surface area contributed by atoms with E-state index in [4.69, 9.17) is 27.9 Å². The van der Waals surface area contributed by atoms with Gasteiger partial charge in [-0.1, -0.05) is 25.4 Å². The molecule has 2 nitrogen and oxygen atoms in total. The molecule has 0 fully saturated rings. The Labute approximate surface area is 107 Å². The van der Waals surface area contributed by atoms with E-state index in [-0.39, 0.29) is 6.10 Å². The van der Waals surface area contributed by atoms with Gasteiger partial charge in [-0.15, -0.1) is 11.6 Å². The van der Waals surface area contributed by atoms with E-state index in [1.54, 1.807) is 12.3 Å². The van der Waals surface area contributed by atoms with Crippen LogP contribution in [0, 0.1) is 5.92 Å². The fourth-order valence-corrected chi connectivity index (χ4v) is 2.00. The number of pyridine rings is 1. The summed E-state index contributed by atoms with van der Waals surface area (Å²) >= 11 is 11.7. The van der Waals surface area contributed by atoms with Crippen LogP contribution in [-0.2, 0) is 5.88 Å². The van der Waals surface area contributed by atoms with E-state index >= 15 is 0 Å². The Morgan fingerprint density at radius 3 is 2.62 bits per heavy atom. The molecule has 16 heavy (non-hydrogen) atoms. The van der Waals surface area contributed by atoms with E-state index in [1.165, 1.54) is 0 Å². The smallest absolute Gasteiger partial charge is 0.213 e. The summed E-state index contributed by atoms with van der Waals surface area (Å²) < 4.78 is 5.69. The summed E-state index contributed by atoms with van der Waals surface area (Å²) in [5.41, 5.74) is 0.852. The molecule has 0 spiro atoms. The molecule has 1 heterocycles. The Balaban J connectivity index is 2.67. The third-order valence-electron chi connectivity index (χ3n) is 2.18. The number of nitrogens with zero attached hydrogens (tertiary/aromatic N) is 1. The highest BCUT2D eigenvalue weighted by atomic mass is 35.5. The van der Waals surface area contributed by atoms with Crippen molar-refractivity contribution in [3.63, 3.8) is 0 Å². The molecule has 0 aliphatic carbocycles. The predicted octanol–water partition coefficient (Wildman–Crippen LogP) is 4.29. The second kappa shape index (κ2) is 6.31. The van der Waals surface area contributed by atoms with E-state index in [0.717, 1.165) is 12.0 Å². The minimum Gasteiger partial charge on any atom is -0.475 e. The largest absolute Gasteiger partial charge is 0.475 e. The molecule has 1 aromatic heterocycles. The first-order valence-corrected chi connectivity index (χ1v) is 6.31. The van der Waals surface area contributed by atoms with Gasteiger partial charge in [0, 0.05) is 18.1 Å². The summed E-state index contributed by atoms with van der Waals surface area (Å²) in [7, 11) is 0. The second-order valence-corrected chi connectivity index (χ2v) is 4.98. The maximum Gasteiger partial charge on any atom is 0.213 e. The van der Waals surface area contributed by atoms with Crippen LogP contribution in [0.5, 0.6) is 5.88 Å². The van der Waals surface area contributed by atoms with Crippen LogP contribution >= 0.6 is 23.2 Å². The van der Waals surface area contributed by atoms with Gasteiger partial charge in [0.1, 0.15) is 0 Å². The van der Waals surface area contributed by atoms with Gasteiger partial charge in [-0.3, -0.25) is 0 Å². The highest BCUT2D eigenvalue weighted by Crippen LogP contribution is 2.22. The van der Waals surface area contributed by atoms with Crippen LogP contribution in [0.15, 0.2) is 12.3 Å². The summed E-state index contributed by atoms with van der Waals surface area (Å²) in [6.45, 7) is 6.37. The van der Waals surface area contributed by atoms with Gasteiger partial charge in [-0.25, -0.2) is 4.98 Å². The Kier molecular flexibility index (Phi) is 5.36. The molecule has 90 valence electrons. The molecule has 0 radical (unpaired) electrons. The zero-order valence-electron chi connectivity index (χ0n) is 9.84. The number of alkyl halides is 1. The van der Waals surface area contributed by atoms with Crippen LogP contribution in [-0.4, -0.2) is 11.1 Å². The van der Waals surface area contributed by atoms with Crippen molar-refractivity contribution in [3.8, 4) is 5.88 Å². The third-order valence-corrected chi connectivity index (χ3v) is 2.81. The third kappa shape index (κ3) is 4.18. The van der Waals surface area contributed by atoms with Gasteiger partial charge < -0.3 is 4.74 Å². The average molecular weight is 262 g/mol. The molecule has 0 aromatic carbocycles. The van der Waals surface area contributed by atoms with Gasteiger partial charge in [0.15, 0.2) is 0 Å². The van der Waals surface area contributed by atoms with Crippen LogP contribution in [0.25, 0.3) is 0 Å². The van der Waals surface area contributed by atoms with Crippen molar-refractivity contribution < 1.29 is 4.74 Å². The molecule has 1 unspecified atom stereocenters. The molecule has 0 aliphatic rings. The molecule has 0 N–H and O–H groups in total. The van der Waals surface area contributed by atoms with Crippen LogP contribution in [0.4, 0.5) is 0 Å². The van der Waals surface area contributed by atoms with E-state index in [2.05, 4.69) is 18.8 Å². The first kappa shape index (κ1) is 13.6. The highest BCUT2D eigenvalue weighted by molar-refractivity contribution is 6.32. The number of hydrogen-bond donors (Lipinski definition) is 0. The topological polar surface area (TPSA) is 22.1 Å². The van der Waals surface area contributed by atoms with Crippen molar-refractivity contribution in [2.45, 2.75) is 39.2 Å². The molecule has 0 aliphatic heterocycles. The Bertz CT molecular complexity index is 342. The first-order valence-electron chi connectivity index (χ1n) is 5.40. The van der Waals surface area contributed by atoms with Gasteiger partial charge in [0.25, 0.3) is 0 Å². The molecule has 0 bridgehead atoms. The second-order valence-electron chi connectivity index (χ2n) is 4.31. The Morgan fingerprint density at radius 1 is 1.38 bits per heavy atom. The molecule has 1 rings (SSSR count). The molecular formula is C12H17Cl2NO. The number of rotatable bonds is 5. The van der Waals surface area contributed by atoms with Crippen molar-refractivity contribution in [1.82, 2.24) is 4.98 Å². The lowest BCUT2D eigenvalue weighted by Crippen LogP contribution is -2.15. The molecule has 0 saturated carbocycles. The van der Waals surface area contributed by atoms with Gasteiger partial charge in [0.2, 0.25) is 5.88 Å². The van der Waals surface area contributed by atoms with E-state index in [0.29, 0.717) is 22.7 Å². The quantitative estimate of drug-likeness (QED) is 0.738. The van der Waals surface area contributed by atoms with Gasteiger partial charge in [-0.2, -0.15) is 0 Å². The number of hydrogen-bond acceptors (Lipinski definition) is 2. The van der Waals surface area contributed by atoms with Crippen molar-refractivity contribution in [1.29, 1.82) is 0 Å². The van der Waals surface area contributed by atoms with Crippen molar-refractivity contribution in [2.24, 2.45) is 5.92 Å². The normalized spacial score (nSPS) is 12.9. The standard InChI is InChI=1S/C12H17Cl2NO/c1-8(2)4-9(3)16-12-5-10(6-13)11(14)7-15-12/h5,7-9H,4,6H2,1-3H3. The fourth-order valence-electron chi connectivity index (χ4n) is 1.54. The number of ether oxygens (including phenoxy) is 1. The molecule has 0 saturated heterocycles.